The van der Waals surface area contributed by atoms with Crippen LogP contribution in [0.3, 0.4) is 0 Å². The van der Waals surface area contributed by atoms with E-state index in [1.54, 1.807) is 29.2 Å². The Labute approximate surface area is 223 Å². The molecule has 7 heteroatoms. The van der Waals surface area contributed by atoms with E-state index >= 15 is 0 Å². The third-order valence-electron chi connectivity index (χ3n) is 5.46. The summed E-state index contributed by atoms with van der Waals surface area (Å²) in [6.45, 7) is 7.65. The molecule has 5 nitrogen and oxygen atoms in total. The second kappa shape index (κ2) is 12.3. The monoisotopic (exact) mass is 526 g/mol. The Bertz CT molecular complexity index is 1190. The van der Waals surface area contributed by atoms with Crippen molar-refractivity contribution in [2.45, 2.75) is 52.2 Å². The van der Waals surface area contributed by atoms with Crippen molar-refractivity contribution in [1.29, 1.82) is 0 Å². The summed E-state index contributed by atoms with van der Waals surface area (Å²) in [5, 5.41) is 3.85. The van der Waals surface area contributed by atoms with Crippen LogP contribution in [0.25, 0.3) is 0 Å². The minimum atomic E-state index is -0.769. The molecule has 0 radical (unpaired) electrons. The summed E-state index contributed by atoms with van der Waals surface area (Å²) in [4.78, 5) is 28.7. The number of ether oxygens (including phenoxy) is 1. The number of rotatable bonds is 9. The molecule has 190 valence electrons. The zero-order chi connectivity index (χ0) is 26.3. The minimum Gasteiger partial charge on any atom is -0.484 e. The molecule has 0 unspecified atom stereocenters. The molecule has 0 spiro atoms. The Hall–Kier alpha value is -3.02. The number of carbonyl (C=O) groups excluding carboxylic acids is 2. The van der Waals surface area contributed by atoms with Crippen LogP contribution in [0.15, 0.2) is 72.8 Å². The maximum Gasteiger partial charge on any atom is 0.261 e. The molecular weight excluding hydrogens is 495 g/mol. The molecule has 0 aliphatic heterocycles. The first-order valence-corrected chi connectivity index (χ1v) is 12.6. The van der Waals surface area contributed by atoms with Gasteiger partial charge in [0.05, 0.1) is 10.0 Å². The van der Waals surface area contributed by atoms with Crippen LogP contribution >= 0.6 is 23.2 Å². The molecule has 0 saturated heterocycles. The number of halogens is 2. The van der Waals surface area contributed by atoms with Crippen molar-refractivity contribution in [3.05, 3.63) is 99.5 Å². The number of nitrogens with zero attached hydrogens (tertiary/aromatic N) is 1. The summed E-state index contributed by atoms with van der Waals surface area (Å²) in [7, 11) is 0. The molecular formula is C29H32Cl2N2O3. The Balaban J connectivity index is 1.95. The van der Waals surface area contributed by atoms with Gasteiger partial charge in [0, 0.05) is 18.5 Å². The van der Waals surface area contributed by atoms with Crippen molar-refractivity contribution in [3.8, 4) is 5.75 Å². The topological polar surface area (TPSA) is 58.6 Å². The summed E-state index contributed by atoms with van der Waals surface area (Å²) >= 11 is 12.4. The molecule has 36 heavy (non-hydrogen) atoms. The summed E-state index contributed by atoms with van der Waals surface area (Å²) < 4.78 is 5.82. The van der Waals surface area contributed by atoms with E-state index in [0.29, 0.717) is 22.2 Å². The molecule has 0 aliphatic carbocycles. The van der Waals surface area contributed by atoms with Crippen LogP contribution in [0.4, 0.5) is 0 Å². The van der Waals surface area contributed by atoms with E-state index in [4.69, 9.17) is 27.9 Å². The highest BCUT2D eigenvalue weighted by atomic mass is 35.5. The van der Waals surface area contributed by atoms with Gasteiger partial charge in [-0.05, 0) is 68.7 Å². The predicted octanol–water partition coefficient (Wildman–Crippen LogP) is 6.24. The zero-order valence-corrected chi connectivity index (χ0v) is 22.6. The molecule has 0 aromatic heterocycles. The molecule has 0 fully saturated rings. The summed E-state index contributed by atoms with van der Waals surface area (Å²) in [5.41, 5.74) is 2.26. The van der Waals surface area contributed by atoms with Crippen LogP contribution < -0.4 is 10.1 Å². The number of hydrogen-bond donors (Lipinski definition) is 1. The van der Waals surface area contributed by atoms with E-state index in [-0.39, 0.29) is 25.0 Å². The number of benzene rings is 3. The third-order valence-corrected chi connectivity index (χ3v) is 6.20. The molecule has 0 heterocycles. The molecule has 2 amide bonds. The summed E-state index contributed by atoms with van der Waals surface area (Å²) in [5.74, 6) is 0.0412. The fraction of sp³-hybridized carbons (Fsp3) is 0.310. The Kier molecular flexibility index (Phi) is 9.41. The largest absolute Gasteiger partial charge is 0.484 e. The fourth-order valence-corrected chi connectivity index (χ4v) is 4.10. The Morgan fingerprint density at radius 3 is 2.28 bits per heavy atom. The average molecular weight is 527 g/mol. The maximum absolute atomic E-state index is 13.6. The lowest BCUT2D eigenvalue weighted by Gasteiger charge is -2.33. The van der Waals surface area contributed by atoms with Crippen LogP contribution in [-0.4, -0.2) is 34.9 Å². The van der Waals surface area contributed by atoms with E-state index in [2.05, 4.69) is 5.32 Å². The van der Waals surface area contributed by atoms with Gasteiger partial charge in [0.25, 0.3) is 5.91 Å². The second-order valence-electron chi connectivity index (χ2n) is 9.82. The first-order chi connectivity index (χ1) is 17.0. The first-order valence-electron chi connectivity index (χ1n) is 11.8. The normalized spacial score (nSPS) is 12.1. The van der Waals surface area contributed by atoms with Crippen molar-refractivity contribution in [2.75, 3.05) is 6.61 Å². The number of aryl methyl sites for hydroxylation is 1. The van der Waals surface area contributed by atoms with E-state index in [1.165, 1.54) is 0 Å². The summed E-state index contributed by atoms with van der Waals surface area (Å²) in [6, 6.07) is 21.6. The van der Waals surface area contributed by atoms with E-state index in [9.17, 15) is 9.59 Å². The van der Waals surface area contributed by atoms with Gasteiger partial charge in [-0.25, -0.2) is 0 Å². The molecule has 0 bridgehead atoms. The van der Waals surface area contributed by atoms with Gasteiger partial charge < -0.3 is 15.0 Å². The van der Waals surface area contributed by atoms with Gasteiger partial charge in [0.15, 0.2) is 6.61 Å². The van der Waals surface area contributed by atoms with E-state index in [0.717, 1.165) is 16.7 Å². The smallest absolute Gasteiger partial charge is 0.261 e. The number of nitrogens with one attached hydrogen (secondary N) is 1. The van der Waals surface area contributed by atoms with Crippen molar-refractivity contribution in [1.82, 2.24) is 10.2 Å². The number of carbonyl (C=O) groups is 2. The molecule has 0 aliphatic rings. The van der Waals surface area contributed by atoms with Gasteiger partial charge >= 0.3 is 0 Å². The van der Waals surface area contributed by atoms with Crippen molar-refractivity contribution >= 4 is 35.0 Å². The van der Waals surface area contributed by atoms with Crippen LogP contribution in [0.5, 0.6) is 5.75 Å². The molecule has 3 rings (SSSR count). The van der Waals surface area contributed by atoms with Gasteiger partial charge in [-0.2, -0.15) is 0 Å². The van der Waals surface area contributed by atoms with Gasteiger partial charge in [-0.1, -0.05) is 71.7 Å². The van der Waals surface area contributed by atoms with Crippen molar-refractivity contribution in [3.63, 3.8) is 0 Å². The average Bonchev–Trinajstić information content (AvgIpc) is 2.81. The highest BCUT2D eigenvalue weighted by Gasteiger charge is 2.32. The van der Waals surface area contributed by atoms with Crippen molar-refractivity contribution in [2.24, 2.45) is 0 Å². The fourth-order valence-electron chi connectivity index (χ4n) is 3.77. The standard InChI is InChI=1S/C29H32Cl2N2O3/c1-20-9-8-12-23(15-20)36-19-27(34)33(18-22-13-14-24(30)25(31)16-22)26(28(35)32-29(2,3)4)17-21-10-6-5-7-11-21/h5-16,26H,17-19H2,1-4H3,(H,32,35)/t26-/m0/s1. The molecule has 1 N–H and O–H groups in total. The van der Waals surface area contributed by atoms with E-state index < -0.39 is 11.6 Å². The van der Waals surface area contributed by atoms with Gasteiger partial charge in [0.1, 0.15) is 11.8 Å². The van der Waals surface area contributed by atoms with Gasteiger partial charge in [0.2, 0.25) is 5.91 Å². The minimum absolute atomic E-state index is 0.169. The van der Waals surface area contributed by atoms with E-state index in [1.807, 2.05) is 76.2 Å². The highest BCUT2D eigenvalue weighted by molar-refractivity contribution is 6.42. The van der Waals surface area contributed by atoms with Gasteiger partial charge in [-0.15, -0.1) is 0 Å². The van der Waals surface area contributed by atoms with Crippen LogP contribution in [0.2, 0.25) is 10.0 Å². The predicted molar refractivity (Wildman–Crippen MR) is 146 cm³/mol. The SMILES string of the molecule is Cc1cccc(OCC(=O)N(Cc2ccc(Cl)c(Cl)c2)[C@@H](Cc2ccccc2)C(=O)NC(C)(C)C)c1. The Morgan fingerprint density at radius 1 is 0.917 bits per heavy atom. The molecule has 3 aromatic rings. The van der Waals surface area contributed by atoms with Crippen LogP contribution in [-0.2, 0) is 22.6 Å². The highest BCUT2D eigenvalue weighted by Crippen LogP contribution is 2.24. The quantitative estimate of drug-likeness (QED) is 0.359. The lowest BCUT2D eigenvalue weighted by Crippen LogP contribution is -2.55. The first kappa shape index (κ1) is 27.6. The lowest BCUT2D eigenvalue weighted by atomic mass is 10.0. The zero-order valence-electron chi connectivity index (χ0n) is 21.1. The maximum atomic E-state index is 13.6. The number of hydrogen-bond acceptors (Lipinski definition) is 3. The molecule has 0 saturated carbocycles. The molecule has 3 aromatic carbocycles. The second-order valence-corrected chi connectivity index (χ2v) is 10.6. The van der Waals surface area contributed by atoms with Crippen LogP contribution in [0, 0.1) is 6.92 Å². The third kappa shape index (κ3) is 8.28. The Morgan fingerprint density at radius 2 is 1.64 bits per heavy atom. The summed E-state index contributed by atoms with van der Waals surface area (Å²) in [6.07, 6.45) is 0.347. The van der Waals surface area contributed by atoms with Crippen molar-refractivity contribution < 1.29 is 14.3 Å². The number of amides is 2. The molecule has 1 atom stereocenters. The van der Waals surface area contributed by atoms with Gasteiger partial charge in [-0.3, -0.25) is 9.59 Å². The lowest BCUT2D eigenvalue weighted by molar-refractivity contribution is -0.143. The van der Waals surface area contributed by atoms with Crippen LogP contribution in [0.1, 0.15) is 37.5 Å².